The van der Waals surface area contributed by atoms with Crippen LogP contribution < -0.4 is 0 Å². The molecule has 0 aliphatic rings. The second kappa shape index (κ2) is 4.27. The average molecular weight is 234 g/mol. The molecule has 4 nitrogen and oxygen atoms in total. The van der Waals surface area contributed by atoms with Gasteiger partial charge in [0.05, 0.1) is 5.75 Å². The van der Waals surface area contributed by atoms with Gasteiger partial charge in [-0.1, -0.05) is 6.92 Å². The Kier molecular flexibility index (Phi) is 3.49. The zero-order valence-electron chi connectivity index (χ0n) is 8.28. The van der Waals surface area contributed by atoms with E-state index in [0.717, 1.165) is 5.69 Å². The van der Waals surface area contributed by atoms with Gasteiger partial charge in [0.25, 0.3) is 0 Å². The lowest BCUT2D eigenvalue weighted by Gasteiger charge is -2.04. The van der Waals surface area contributed by atoms with E-state index in [2.05, 4.69) is 4.98 Å². The van der Waals surface area contributed by atoms with Crippen LogP contribution in [0.3, 0.4) is 0 Å². The third-order valence-corrected chi connectivity index (χ3v) is 4.16. The smallest absolute Gasteiger partial charge is 0.177 e. The Balaban J connectivity index is 2.77. The van der Waals surface area contributed by atoms with Gasteiger partial charge in [-0.25, -0.2) is 8.42 Å². The van der Waals surface area contributed by atoms with Gasteiger partial charge in [-0.15, -0.1) is 0 Å². The highest BCUT2D eigenvalue weighted by Gasteiger charge is 2.08. The molecule has 1 aromatic rings. The topological polar surface area (TPSA) is 54.9 Å². The van der Waals surface area contributed by atoms with E-state index in [-0.39, 0.29) is 11.5 Å². The number of aryl methyl sites for hydroxylation is 1. The number of imidazole rings is 1. The van der Waals surface area contributed by atoms with Crippen LogP contribution in [0.5, 0.6) is 0 Å². The first-order valence-electron chi connectivity index (χ1n) is 4.41. The van der Waals surface area contributed by atoms with Gasteiger partial charge in [0, 0.05) is 24.2 Å². The molecule has 0 saturated carbocycles. The van der Waals surface area contributed by atoms with Gasteiger partial charge in [0.2, 0.25) is 0 Å². The maximum absolute atomic E-state index is 11.3. The maximum atomic E-state index is 11.3. The van der Waals surface area contributed by atoms with Crippen LogP contribution in [0.2, 0.25) is 0 Å². The van der Waals surface area contributed by atoms with Gasteiger partial charge in [-0.2, -0.15) is 0 Å². The number of aromatic amines is 1. The molecule has 0 saturated heterocycles. The molecule has 0 spiro atoms. The van der Waals surface area contributed by atoms with E-state index in [1.54, 1.807) is 17.7 Å². The molecule has 6 heteroatoms. The van der Waals surface area contributed by atoms with E-state index >= 15 is 0 Å². The van der Waals surface area contributed by atoms with Crippen molar-refractivity contribution in [3.8, 4) is 0 Å². The summed E-state index contributed by atoms with van der Waals surface area (Å²) < 4.78 is 24.9. The summed E-state index contributed by atoms with van der Waals surface area (Å²) in [4.78, 5) is 2.87. The van der Waals surface area contributed by atoms with Gasteiger partial charge in [-0.3, -0.25) is 0 Å². The lowest BCUT2D eigenvalue weighted by molar-refractivity contribution is 0.588. The Labute approximate surface area is 88.9 Å². The summed E-state index contributed by atoms with van der Waals surface area (Å²) in [7, 11) is -2.91. The highest BCUT2D eigenvalue weighted by molar-refractivity contribution is 7.91. The third kappa shape index (κ3) is 2.68. The van der Waals surface area contributed by atoms with Gasteiger partial charge in [0.15, 0.2) is 14.6 Å². The molecule has 0 aliphatic carbocycles. The molecule has 0 amide bonds. The van der Waals surface area contributed by atoms with Crippen LogP contribution in [0.25, 0.3) is 0 Å². The molecule has 1 heterocycles. The first kappa shape index (κ1) is 11.5. The average Bonchev–Trinajstić information content (AvgIpc) is 2.44. The Bertz CT molecular complexity index is 456. The molecule has 1 aromatic heterocycles. The first-order chi connectivity index (χ1) is 6.46. The van der Waals surface area contributed by atoms with Crippen LogP contribution in [0.15, 0.2) is 6.20 Å². The number of H-pyrrole nitrogens is 1. The summed E-state index contributed by atoms with van der Waals surface area (Å²) >= 11 is 5.01. The molecule has 0 atom stereocenters. The van der Waals surface area contributed by atoms with Crippen LogP contribution in [-0.4, -0.2) is 29.5 Å². The van der Waals surface area contributed by atoms with Crippen molar-refractivity contribution in [3.63, 3.8) is 0 Å². The van der Waals surface area contributed by atoms with Crippen LogP contribution in [0, 0.1) is 11.7 Å². The van der Waals surface area contributed by atoms with Crippen LogP contribution in [0.4, 0.5) is 0 Å². The summed E-state index contributed by atoms with van der Waals surface area (Å²) in [5, 5.41) is 0. The Morgan fingerprint density at radius 2 is 2.21 bits per heavy atom. The molecule has 0 bridgehead atoms. The van der Waals surface area contributed by atoms with E-state index < -0.39 is 9.84 Å². The predicted molar refractivity (Wildman–Crippen MR) is 58.7 cm³/mol. The van der Waals surface area contributed by atoms with Gasteiger partial charge in [-0.05, 0) is 19.1 Å². The van der Waals surface area contributed by atoms with Crippen molar-refractivity contribution in [2.45, 2.75) is 20.4 Å². The Hall–Kier alpha value is -0.620. The van der Waals surface area contributed by atoms with Crippen molar-refractivity contribution in [2.75, 3.05) is 11.5 Å². The number of nitrogens with zero attached hydrogens (tertiary/aromatic N) is 1. The lowest BCUT2D eigenvalue weighted by Crippen LogP contribution is -2.15. The molecular weight excluding hydrogens is 220 g/mol. The monoisotopic (exact) mass is 234 g/mol. The second-order valence-electron chi connectivity index (χ2n) is 3.12. The van der Waals surface area contributed by atoms with Gasteiger partial charge >= 0.3 is 0 Å². The highest BCUT2D eigenvalue weighted by Crippen LogP contribution is 2.01. The van der Waals surface area contributed by atoms with Gasteiger partial charge < -0.3 is 9.55 Å². The summed E-state index contributed by atoms with van der Waals surface area (Å²) in [6.45, 7) is 3.98. The Morgan fingerprint density at radius 3 is 2.64 bits per heavy atom. The quantitative estimate of drug-likeness (QED) is 0.799. The number of aromatic nitrogens is 2. The summed E-state index contributed by atoms with van der Waals surface area (Å²) in [5.74, 6) is 0.334. The van der Waals surface area contributed by atoms with Crippen LogP contribution >= 0.6 is 12.2 Å². The normalized spacial score (nSPS) is 11.9. The number of nitrogens with one attached hydrogen (secondary N) is 1. The van der Waals surface area contributed by atoms with Gasteiger partial charge in [0.1, 0.15) is 0 Å². The van der Waals surface area contributed by atoms with E-state index in [1.165, 1.54) is 0 Å². The van der Waals surface area contributed by atoms with E-state index in [0.29, 0.717) is 11.3 Å². The molecule has 0 unspecified atom stereocenters. The molecule has 0 aliphatic heterocycles. The minimum Gasteiger partial charge on any atom is -0.337 e. The number of rotatable bonds is 4. The highest BCUT2D eigenvalue weighted by atomic mass is 32.2. The van der Waals surface area contributed by atoms with E-state index in [1.807, 2.05) is 6.92 Å². The van der Waals surface area contributed by atoms with Crippen molar-refractivity contribution < 1.29 is 8.42 Å². The minimum atomic E-state index is -2.91. The standard InChI is InChI=1S/C8H14N2O2S2/c1-3-14(11,12)5-4-10-7(2)6-9-8(10)13/h6H,3-5H2,1-2H3,(H,9,13). The van der Waals surface area contributed by atoms with Crippen molar-refractivity contribution in [3.05, 3.63) is 16.7 Å². The molecule has 14 heavy (non-hydrogen) atoms. The molecular formula is C8H14N2O2S2. The maximum Gasteiger partial charge on any atom is 0.177 e. The number of sulfone groups is 1. The molecule has 1 rings (SSSR count). The summed E-state index contributed by atoms with van der Waals surface area (Å²) in [6.07, 6.45) is 1.78. The fourth-order valence-electron chi connectivity index (χ4n) is 1.13. The second-order valence-corrected chi connectivity index (χ2v) is 5.98. The molecule has 0 aromatic carbocycles. The Morgan fingerprint density at radius 1 is 1.57 bits per heavy atom. The fraction of sp³-hybridized carbons (Fsp3) is 0.625. The molecule has 80 valence electrons. The SMILES string of the molecule is CCS(=O)(=O)CCn1c(C)c[nH]c1=S. The van der Waals surface area contributed by atoms with Crippen molar-refractivity contribution >= 4 is 22.1 Å². The first-order valence-corrected chi connectivity index (χ1v) is 6.64. The summed E-state index contributed by atoms with van der Waals surface area (Å²) in [5.41, 5.74) is 0.960. The molecule has 0 radical (unpaired) electrons. The van der Waals surface area contributed by atoms with Crippen molar-refractivity contribution in [2.24, 2.45) is 0 Å². The van der Waals surface area contributed by atoms with E-state index in [4.69, 9.17) is 12.2 Å². The van der Waals surface area contributed by atoms with Crippen molar-refractivity contribution in [1.29, 1.82) is 0 Å². The zero-order valence-corrected chi connectivity index (χ0v) is 9.91. The largest absolute Gasteiger partial charge is 0.337 e. The van der Waals surface area contributed by atoms with E-state index in [9.17, 15) is 8.42 Å². The number of hydrogen-bond acceptors (Lipinski definition) is 3. The number of hydrogen-bond donors (Lipinski definition) is 1. The van der Waals surface area contributed by atoms with Crippen LogP contribution in [0.1, 0.15) is 12.6 Å². The lowest BCUT2D eigenvalue weighted by atomic mass is 10.5. The fourth-order valence-corrected chi connectivity index (χ4v) is 2.18. The third-order valence-electron chi connectivity index (χ3n) is 2.14. The van der Waals surface area contributed by atoms with Crippen molar-refractivity contribution in [1.82, 2.24) is 9.55 Å². The minimum absolute atomic E-state index is 0.149. The molecule has 1 N–H and O–H groups in total. The molecule has 0 fully saturated rings. The summed E-state index contributed by atoms with van der Waals surface area (Å²) in [6, 6.07) is 0. The zero-order chi connectivity index (χ0) is 10.8. The van der Waals surface area contributed by atoms with Crippen LogP contribution in [-0.2, 0) is 16.4 Å². The predicted octanol–water partition coefficient (Wildman–Crippen LogP) is 1.29.